The summed E-state index contributed by atoms with van der Waals surface area (Å²) in [6.07, 6.45) is 5.07. The molecule has 0 aliphatic heterocycles. The highest BCUT2D eigenvalue weighted by Gasteiger charge is 2.34. The fourth-order valence-electron chi connectivity index (χ4n) is 5.11. The molecule has 0 spiro atoms. The van der Waals surface area contributed by atoms with Gasteiger partial charge in [-0.15, -0.1) is 0 Å². The normalized spacial score (nSPS) is 14.5. The highest BCUT2D eigenvalue weighted by Crippen LogP contribution is 2.33. The van der Waals surface area contributed by atoms with Crippen LogP contribution >= 0.6 is 11.6 Å². The van der Waals surface area contributed by atoms with E-state index < -0.39 is 28.5 Å². The lowest BCUT2D eigenvalue weighted by molar-refractivity contribution is -0.139. The van der Waals surface area contributed by atoms with Crippen molar-refractivity contribution < 1.29 is 22.7 Å². The molecule has 1 aliphatic rings. The standard InChI is InChI=1S/C32H38ClN3O5S/c1-3-41-30-17-11-10-16-29(30)36(42(39,40)28-14-8-5-9-15-28)23-31(37)35(22-25-18-20-26(33)21-19-25)24(2)32(38)34-27-12-6-4-7-13-27/h5,8-11,14-21,24,27H,3-4,6-7,12-13,22-23H2,1-2H3,(H,34,38). The number of carbonyl (C=O) groups is 2. The highest BCUT2D eigenvalue weighted by atomic mass is 35.5. The molecule has 1 atom stereocenters. The number of nitrogens with zero attached hydrogens (tertiary/aromatic N) is 2. The monoisotopic (exact) mass is 611 g/mol. The number of hydrogen-bond donors (Lipinski definition) is 1. The molecule has 1 N–H and O–H groups in total. The van der Waals surface area contributed by atoms with Gasteiger partial charge in [0, 0.05) is 17.6 Å². The van der Waals surface area contributed by atoms with E-state index in [0.717, 1.165) is 42.0 Å². The zero-order chi connectivity index (χ0) is 30.1. The summed E-state index contributed by atoms with van der Waals surface area (Å²) in [7, 11) is -4.18. The summed E-state index contributed by atoms with van der Waals surface area (Å²) in [6.45, 7) is 3.36. The minimum absolute atomic E-state index is 0.0384. The Morgan fingerprint density at radius 3 is 2.26 bits per heavy atom. The van der Waals surface area contributed by atoms with E-state index in [1.807, 2.05) is 0 Å². The third-order valence-corrected chi connectivity index (χ3v) is 9.45. The van der Waals surface area contributed by atoms with Gasteiger partial charge in [0.05, 0.1) is 17.2 Å². The van der Waals surface area contributed by atoms with Crippen molar-refractivity contribution in [3.63, 3.8) is 0 Å². The van der Waals surface area contributed by atoms with E-state index in [-0.39, 0.29) is 29.1 Å². The van der Waals surface area contributed by atoms with Crippen LogP contribution in [0, 0.1) is 0 Å². The van der Waals surface area contributed by atoms with Crippen LogP contribution in [-0.4, -0.2) is 50.4 Å². The van der Waals surface area contributed by atoms with Crippen molar-refractivity contribution in [3.05, 3.63) is 89.4 Å². The number of nitrogens with one attached hydrogen (secondary N) is 1. The SMILES string of the molecule is CCOc1ccccc1N(CC(=O)N(Cc1ccc(Cl)cc1)C(C)C(=O)NC1CCCCC1)S(=O)(=O)c1ccccc1. The van der Waals surface area contributed by atoms with E-state index in [0.29, 0.717) is 17.4 Å². The lowest BCUT2D eigenvalue weighted by Crippen LogP contribution is -2.53. The Balaban J connectivity index is 1.70. The van der Waals surface area contributed by atoms with Crippen LogP contribution in [0.1, 0.15) is 51.5 Å². The lowest BCUT2D eigenvalue weighted by Gasteiger charge is -2.33. The maximum atomic E-state index is 14.2. The summed E-state index contributed by atoms with van der Waals surface area (Å²) in [5.74, 6) is -0.460. The van der Waals surface area contributed by atoms with E-state index >= 15 is 0 Å². The van der Waals surface area contributed by atoms with Crippen LogP contribution in [0.3, 0.4) is 0 Å². The molecule has 0 aromatic heterocycles. The number of para-hydroxylation sites is 2. The molecule has 42 heavy (non-hydrogen) atoms. The molecule has 1 unspecified atom stereocenters. The maximum absolute atomic E-state index is 14.2. The van der Waals surface area contributed by atoms with E-state index in [4.69, 9.17) is 16.3 Å². The summed E-state index contributed by atoms with van der Waals surface area (Å²) >= 11 is 6.09. The van der Waals surface area contributed by atoms with Crippen LogP contribution in [0.2, 0.25) is 5.02 Å². The molecule has 4 rings (SSSR count). The maximum Gasteiger partial charge on any atom is 0.264 e. The second-order valence-corrected chi connectivity index (χ2v) is 12.7. The predicted octanol–water partition coefficient (Wildman–Crippen LogP) is 5.80. The number of sulfonamides is 1. The van der Waals surface area contributed by atoms with Gasteiger partial charge in [0.2, 0.25) is 11.8 Å². The molecule has 1 aliphatic carbocycles. The second kappa shape index (κ2) is 14.6. The molecule has 0 heterocycles. The van der Waals surface area contributed by atoms with Crippen molar-refractivity contribution >= 4 is 39.1 Å². The van der Waals surface area contributed by atoms with E-state index in [1.165, 1.54) is 17.0 Å². The molecule has 0 saturated heterocycles. The zero-order valence-electron chi connectivity index (χ0n) is 24.0. The van der Waals surface area contributed by atoms with Gasteiger partial charge in [-0.1, -0.05) is 73.3 Å². The second-order valence-electron chi connectivity index (χ2n) is 10.4. The van der Waals surface area contributed by atoms with Crippen molar-refractivity contribution in [1.82, 2.24) is 10.2 Å². The Bertz CT molecular complexity index is 1440. The largest absolute Gasteiger partial charge is 0.492 e. The van der Waals surface area contributed by atoms with E-state index in [1.54, 1.807) is 80.6 Å². The fourth-order valence-corrected chi connectivity index (χ4v) is 6.68. The number of halogens is 1. The number of amides is 2. The van der Waals surface area contributed by atoms with Crippen LogP contribution in [0.5, 0.6) is 5.75 Å². The van der Waals surface area contributed by atoms with Crippen LogP contribution < -0.4 is 14.4 Å². The van der Waals surface area contributed by atoms with Crippen molar-refractivity contribution in [3.8, 4) is 5.75 Å². The van der Waals surface area contributed by atoms with Gasteiger partial charge in [0.1, 0.15) is 18.3 Å². The number of hydrogen-bond acceptors (Lipinski definition) is 5. The van der Waals surface area contributed by atoms with Gasteiger partial charge in [0.25, 0.3) is 10.0 Å². The fraction of sp³-hybridized carbons (Fsp3) is 0.375. The molecule has 8 nitrogen and oxygen atoms in total. The Hall–Kier alpha value is -3.56. The van der Waals surface area contributed by atoms with Crippen LogP contribution in [0.15, 0.2) is 83.8 Å². The molecule has 3 aromatic carbocycles. The van der Waals surface area contributed by atoms with E-state index in [2.05, 4.69) is 5.32 Å². The predicted molar refractivity (Wildman–Crippen MR) is 165 cm³/mol. The van der Waals surface area contributed by atoms with Gasteiger partial charge in [-0.05, 0) is 68.7 Å². The molecule has 224 valence electrons. The average molecular weight is 612 g/mol. The van der Waals surface area contributed by atoms with Crippen molar-refractivity contribution in [2.45, 2.75) is 69.5 Å². The van der Waals surface area contributed by atoms with E-state index in [9.17, 15) is 18.0 Å². The first-order valence-electron chi connectivity index (χ1n) is 14.3. The van der Waals surface area contributed by atoms with Gasteiger partial charge >= 0.3 is 0 Å². The molecule has 1 fully saturated rings. The summed E-state index contributed by atoms with van der Waals surface area (Å²) in [6, 6.07) is 20.9. The van der Waals surface area contributed by atoms with Gasteiger partial charge in [-0.25, -0.2) is 8.42 Å². The Kier molecular flexibility index (Phi) is 10.9. The zero-order valence-corrected chi connectivity index (χ0v) is 25.6. The quantitative estimate of drug-likeness (QED) is 0.279. The summed E-state index contributed by atoms with van der Waals surface area (Å²) in [5, 5.41) is 3.66. The van der Waals surface area contributed by atoms with Gasteiger partial charge in [0.15, 0.2) is 0 Å². The lowest BCUT2D eigenvalue weighted by atomic mass is 9.95. The number of ether oxygens (including phenoxy) is 1. The van der Waals surface area contributed by atoms with Crippen molar-refractivity contribution in [2.75, 3.05) is 17.5 Å². The van der Waals surface area contributed by atoms with Crippen LogP contribution in [-0.2, 0) is 26.2 Å². The Morgan fingerprint density at radius 2 is 1.60 bits per heavy atom. The summed E-state index contributed by atoms with van der Waals surface area (Å²) in [4.78, 5) is 29.1. The molecule has 10 heteroatoms. The molecule has 2 amide bonds. The number of rotatable bonds is 12. The van der Waals surface area contributed by atoms with Gasteiger partial charge in [-0.3, -0.25) is 13.9 Å². The molecule has 0 radical (unpaired) electrons. The molecule has 3 aromatic rings. The van der Waals surface area contributed by atoms with Crippen LogP contribution in [0.4, 0.5) is 5.69 Å². The third-order valence-electron chi connectivity index (χ3n) is 7.43. The van der Waals surface area contributed by atoms with Crippen molar-refractivity contribution in [2.24, 2.45) is 0 Å². The first-order valence-corrected chi connectivity index (χ1v) is 16.2. The van der Waals surface area contributed by atoms with Gasteiger partial charge in [-0.2, -0.15) is 0 Å². The Labute approximate surface area is 253 Å². The topological polar surface area (TPSA) is 96.0 Å². The Morgan fingerprint density at radius 1 is 0.952 bits per heavy atom. The number of anilines is 1. The average Bonchev–Trinajstić information content (AvgIpc) is 3.00. The highest BCUT2D eigenvalue weighted by molar-refractivity contribution is 7.92. The summed E-state index contributed by atoms with van der Waals surface area (Å²) in [5.41, 5.74) is 1.000. The third kappa shape index (κ3) is 7.83. The first kappa shape index (κ1) is 31.4. The molecule has 1 saturated carbocycles. The molecular formula is C32H38ClN3O5S. The number of carbonyl (C=O) groups excluding carboxylic acids is 2. The first-order chi connectivity index (χ1) is 20.2. The van der Waals surface area contributed by atoms with Crippen molar-refractivity contribution in [1.29, 1.82) is 0 Å². The minimum atomic E-state index is -4.18. The van der Waals surface area contributed by atoms with Crippen LogP contribution in [0.25, 0.3) is 0 Å². The molecule has 0 bridgehead atoms. The minimum Gasteiger partial charge on any atom is -0.492 e. The molecular weight excluding hydrogens is 574 g/mol. The van der Waals surface area contributed by atoms with Gasteiger partial charge < -0.3 is 15.0 Å². The number of benzene rings is 3. The smallest absolute Gasteiger partial charge is 0.264 e. The summed E-state index contributed by atoms with van der Waals surface area (Å²) < 4.78 is 34.9.